The zero-order valence-electron chi connectivity index (χ0n) is 17.7. The number of hydrogen-bond acceptors (Lipinski definition) is 5. The molecule has 0 saturated heterocycles. The summed E-state index contributed by atoms with van der Waals surface area (Å²) in [5.74, 6) is 0.365. The molecule has 0 aliphatic heterocycles. The average molecular weight is 470 g/mol. The van der Waals surface area contributed by atoms with Crippen LogP contribution in [0.1, 0.15) is 5.69 Å². The number of para-hydroxylation sites is 1. The number of amides is 1. The molecule has 4 aromatic rings. The van der Waals surface area contributed by atoms with Gasteiger partial charge in [-0.15, -0.1) is 0 Å². The van der Waals surface area contributed by atoms with Crippen LogP contribution < -0.4 is 21.3 Å². The maximum absolute atomic E-state index is 13.0. The largest absolute Gasteiger partial charge is 0.457 e. The molecule has 0 unspecified atom stereocenters. The fourth-order valence-corrected chi connectivity index (χ4v) is 3.28. The molecule has 0 saturated carbocycles. The highest BCUT2D eigenvalue weighted by Crippen LogP contribution is 2.28. The minimum atomic E-state index is -4.74. The zero-order valence-corrected chi connectivity index (χ0v) is 17.7. The van der Waals surface area contributed by atoms with Crippen molar-refractivity contribution in [1.29, 1.82) is 0 Å². The second kappa shape index (κ2) is 8.85. The molecule has 11 heteroatoms. The van der Waals surface area contributed by atoms with E-state index in [-0.39, 0.29) is 5.39 Å². The highest BCUT2D eigenvalue weighted by atomic mass is 19.4. The lowest BCUT2D eigenvalue weighted by molar-refractivity contribution is -0.141. The third-order valence-corrected chi connectivity index (χ3v) is 4.88. The number of aryl methyl sites for hydroxylation is 1. The number of alkyl halides is 3. The Morgan fingerprint density at radius 2 is 1.71 bits per heavy atom. The lowest BCUT2D eigenvalue weighted by Gasteiger charge is -2.12. The van der Waals surface area contributed by atoms with E-state index in [0.717, 1.165) is 10.6 Å². The number of carbonyl (C=O) groups is 1. The number of rotatable bonds is 5. The maximum Gasteiger partial charge on any atom is 0.433 e. The Balaban J connectivity index is 1.58. The molecule has 174 valence electrons. The highest BCUT2D eigenvalue weighted by Gasteiger charge is 2.33. The fraction of sp³-hybridized carbons (Fsp3) is 0.130. The first-order valence-corrected chi connectivity index (χ1v) is 9.94. The van der Waals surface area contributed by atoms with Gasteiger partial charge in [0, 0.05) is 18.8 Å². The van der Waals surface area contributed by atoms with Gasteiger partial charge in [0.2, 0.25) is 5.91 Å². The van der Waals surface area contributed by atoms with Gasteiger partial charge >= 0.3 is 11.9 Å². The van der Waals surface area contributed by atoms with Crippen LogP contribution in [0.3, 0.4) is 0 Å². The first-order valence-electron chi connectivity index (χ1n) is 9.94. The molecule has 0 aliphatic rings. The van der Waals surface area contributed by atoms with Gasteiger partial charge in [0.05, 0.1) is 5.39 Å². The molecule has 1 amide bonds. The summed E-state index contributed by atoms with van der Waals surface area (Å²) in [7, 11) is 1.18. The molecule has 0 aliphatic carbocycles. The van der Waals surface area contributed by atoms with E-state index < -0.39 is 41.2 Å². The van der Waals surface area contributed by atoms with Crippen LogP contribution in [0.15, 0.2) is 76.3 Å². The molecule has 4 rings (SSSR count). The number of fused-ring (bicyclic) bond motifs is 1. The smallest absolute Gasteiger partial charge is 0.433 e. The SMILES string of the molecule is Cn1c(=O)n(CC(=O)Nc2cccc(Oc3ccccc3)c2)c(=O)c2ccc(C(F)(F)F)nc21. The van der Waals surface area contributed by atoms with E-state index in [4.69, 9.17) is 4.74 Å². The second-order valence-corrected chi connectivity index (χ2v) is 7.29. The molecular formula is C23H17F3N4O4. The Bertz CT molecular complexity index is 1490. The lowest BCUT2D eigenvalue weighted by atomic mass is 10.2. The van der Waals surface area contributed by atoms with Crippen LogP contribution in [0.4, 0.5) is 18.9 Å². The van der Waals surface area contributed by atoms with Crippen molar-refractivity contribution in [1.82, 2.24) is 14.1 Å². The van der Waals surface area contributed by atoms with Gasteiger partial charge in [-0.05, 0) is 36.4 Å². The number of pyridine rings is 1. The van der Waals surface area contributed by atoms with Crippen molar-refractivity contribution in [2.45, 2.75) is 12.7 Å². The number of benzene rings is 2. The third-order valence-electron chi connectivity index (χ3n) is 4.88. The van der Waals surface area contributed by atoms with Crippen LogP contribution in [-0.4, -0.2) is 20.0 Å². The Labute approximate surface area is 189 Å². The number of anilines is 1. The number of hydrogen-bond donors (Lipinski definition) is 1. The number of ether oxygens (including phenoxy) is 1. The normalized spacial score (nSPS) is 11.4. The Hall–Kier alpha value is -4.41. The highest BCUT2D eigenvalue weighted by molar-refractivity contribution is 5.91. The first kappa shape index (κ1) is 22.8. The van der Waals surface area contributed by atoms with Gasteiger partial charge in [-0.25, -0.2) is 9.78 Å². The summed E-state index contributed by atoms with van der Waals surface area (Å²) < 4.78 is 46.0. The number of nitrogens with zero attached hydrogens (tertiary/aromatic N) is 3. The van der Waals surface area contributed by atoms with E-state index >= 15 is 0 Å². The summed E-state index contributed by atoms with van der Waals surface area (Å²) in [6.45, 7) is -0.647. The van der Waals surface area contributed by atoms with Gasteiger partial charge in [0.1, 0.15) is 29.4 Å². The predicted molar refractivity (Wildman–Crippen MR) is 118 cm³/mol. The molecule has 0 bridgehead atoms. The third kappa shape index (κ3) is 4.68. The van der Waals surface area contributed by atoms with E-state index in [1.807, 2.05) is 18.2 Å². The second-order valence-electron chi connectivity index (χ2n) is 7.29. The van der Waals surface area contributed by atoms with E-state index in [1.165, 1.54) is 7.05 Å². The standard InChI is InChI=1S/C23H17F3N4O4/c1-29-20-17(10-11-18(28-20)23(24,25)26)21(32)30(22(29)33)13-19(31)27-14-6-5-9-16(12-14)34-15-7-3-2-4-8-15/h2-12H,13H2,1H3,(H,27,31). The van der Waals surface area contributed by atoms with Crippen LogP contribution in [-0.2, 0) is 24.6 Å². The average Bonchev–Trinajstić information content (AvgIpc) is 2.80. The fourth-order valence-electron chi connectivity index (χ4n) is 3.28. The van der Waals surface area contributed by atoms with Gasteiger partial charge < -0.3 is 10.1 Å². The maximum atomic E-state index is 13.0. The van der Waals surface area contributed by atoms with Gasteiger partial charge in [-0.2, -0.15) is 13.2 Å². The Morgan fingerprint density at radius 1 is 1.00 bits per heavy atom. The summed E-state index contributed by atoms with van der Waals surface area (Å²) in [4.78, 5) is 41.3. The molecule has 2 aromatic carbocycles. The van der Waals surface area contributed by atoms with Crippen LogP contribution >= 0.6 is 0 Å². The first-order chi connectivity index (χ1) is 16.1. The lowest BCUT2D eigenvalue weighted by Crippen LogP contribution is -2.42. The summed E-state index contributed by atoms with van der Waals surface area (Å²) >= 11 is 0. The summed E-state index contributed by atoms with van der Waals surface area (Å²) in [5.41, 5.74) is -3.19. The molecule has 1 N–H and O–H groups in total. The van der Waals surface area contributed by atoms with Crippen molar-refractivity contribution in [3.63, 3.8) is 0 Å². The molecule has 0 spiro atoms. The van der Waals surface area contributed by atoms with Gasteiger partial charge in [-0.3, -0.25) is 18.7 Å². The summed E-state index contributed by atoms with van der Waals surface area (Å²) in [5, 5.41) is 2.36. The van der Waals surface area contributed by atoms with Crippen molar-refractivity contribution >= 4 is 22.6 Å². The van der Waals surface area contributed by atoms with Crippen molar-refractivity contribution in [3.8, 4) is 11.5 Å². The van der Waals surface area contributed by atoms with Crippen molar-refractivity contribution in [2.24, 2.45) is 7.05 Å². The Morgan fingerprint density at radius 3 is 2.41 bits per heavy atom. The van der Waals surface area contributed by atoms with Crippen LogP contribution in [0, 0.1) is 0 Å². The van der Waals surface area contributed by atoms with E-state index in [0.29, 0.717) is 27.8 Å². The number of halogens is 3. The van der Waals surface area contributed by atoms with Crippen LogP contribution in [0.25, 0.3) is 11.0 Å². The van der Waals surface area contributed by atoms with Gasteiger partial charge in [0.15, 0.2) is 0 Å². The topological polar surface area (TPSA) is 95.2 Å². The molecule has 2 aromatic heterocycles. The summed E-state index contributed by atoms with van der Waals surface area (Å²) in [6, 6.07) is 17.1. The van der Waals surface area contributed by atoms with Crippen molar-refractivity contribution < 1.29 is 22.7 Å². The number of carbonyl (C=O) groups excluding carboxylic acids is 1. The van der Waals surface area contributed by atoms with Crippen molar-refractivity contribution in [3.05, 3.63) is 93.3 Å². The molecule has 2 heterocycles. The van der Waals surface area contributed by atoms with Crippen LogP contribution in [0.5, 0.6) is 11.5 Å². The predicted octanol–water partition coefficient (Wildman–Crippen LogP) is 3.55. The quantitative estimate of drug-likeness (QED) is 0.482. The Kier molecular flexibility index (Phi) is 5.93. The monoisotopic (exact) mass is 470 g/mol. The van der Waals surface area contributed by atoms with E-state index in [1.54, 1.807) is 36.4 Å². The zero-order chi connectivity index (χ0) is 24.5. The van der Waals surface area contributed by atoms with Gasteiger partial charge in [0.25, 0.3) is 5.56 Å². The van der Waals surface area contributed by atoms with Crippen molar-refractivity contribution in [2.75, 3.05) is 5.32 Å². The summed E-state index contributed by atoms with van der Waals surface area (Å²) in [6.07, 6.45) is -4.74. The minimum absolute atomic E-state index is 0.221. The van der Waals surface area contributed by atoms with E-state index in [9.17, 15) is 27.6 Å². The van der Waals surface area contributed by atoms with Crippen LogP contribution in [0.2, 0.25) is 0 Å². The molecule has 0 atom stereocenters. The molecular weight excluding hydrogens is 453 g/mol. The van der Waals surface area contributed by atoms with Gasteiger partial charge in [-0.1, -0.05) is 24.3 Å². The number of nitrogens with one attached hydrogen (secondary N) is 1. The van der Waals surface area contributed by atoms with E-state index in [2.05, 4.69) is 10.3 Å². The molecule has 0 radical (unpaired) electrons. The molecule has 0 fully saturated rings. The molecule has 34 heavy (non-hydrogen) atoms. The number of aromatic nitrogens is 3. The minimum Gasteiger partial charge on any atom is -0.457 e. The molecule has 8 nitrogen and oxygen atoms in total.